The Labute approximate surface area is 166 Å². The van der Waals surface area contributed by atoms with Gasteiger partial charge in [-0.05, 0) is 29.8 Å². The lowest BCUT2D eigenvalue weighted by molar-refractivity contribution is -0.134. The van der Waals surface area contributed by atoms with Crippen LogP contribution in [0.5, 0.6) is 0 Å². The van der Waals surface area contributed by atoms with Crippen molar-refractivity contribution in [1.82, 2.24) is 24.5 Å². The van der Waals surface area contributed by atoms with Crippen LogP contribution in [0.1, 0.15) is 49.8 Å². The van der Waals surface area contributed by atoms with Crippen molar-refractivity contribution < 1.29 is 22.4 Å². The number of alkyl halides is 4. The summed E-state index contributed by atoms with van der Waals surface area (Å²) in [7, 11) is 1.46. The predicted octanol–water partition coefficient (Wildman–Crippen LogP) is 4.61. The summed E-state index contributed by atoms with van der Waals surface area (Å²) in [5.41, 5.74) is -1.31. The maximum atomic E-state index is 13.3. The molecule has 0 spiro atoms. The van der Waals surface area contributed by atoms with Crippen molar-refractivity contribution in [2.45, 2.75) is 45.8 Å². The summed E-state index contributed by atoms with van der Waals surface area (Å²) in [5.74, 6) is -0.602. The second kappa shape index (κ2) is 8.59. The van der Waals surface area contributed by atoms with Crippen LogP contribution in [0.4, 0.5) is 17.6 Å². The molecule has 0 saturated carbocycles. The van der Waals surface area contributed by atoms with Crippen molar-refractivity contribution in [3.63, 3.8) is 0 Å². The zero-order valence-corrected chi connectivity index (χ0v) is 17.0. The molecule has 2 rings (SSSR count). The number of carbonyl (C=O) groups excluding carboxylic acids is 1. The van der Waals surface area contributed by atoms with E-state index in [-0.39, 0.29) is 6.54 Å². The van der Waals surface area contributed by atoms with Crippen LogP contribution in [0, 0.1) is 0 Å². The van der Waals surface area contributed by atoms with Crippen molar-refractivity contribution in [2.75, 3.05) is 7.05 Å². The first-order valence-corrected chi connectivity index (χ1v) is 9.06. The minimum atomic E-state index is -3.16. The van der Waals surface area contributed by atoms with E-state index in [4.69, 9.17) is 11.6 Å². The summed E-state index contributed by atoms with van der Waals surface area (Å²) < 4.78 is 55.4. The van der Waals surface area contributed by atoms with Gasteiger partial charge in [0.2, 0.25) is 5.91 Å². The number of likely N-dealkylation sites (N-methyl/N-ethyl adjacent to an activating group) is 1. The zero-order chi connectivity index (χ0) is 20.5. The Morgan fingerprint density at radius 1 is 1.30 bits per heavy atom. The molecular weight excluding hydrogens is 458 g/mol. The molecule has 0 bridgehead atoms. The lowest BCUT2D eigenvalue weighted by Gasteiger charge is -2.22. The highest BCUT2D eigenvalue weighted by Crippen LogP contribution is 2.36. The highest BCUT2D eigenvalue weighted by atomic mass is 79.9. The molecule has 1 unspecified atom stereocenters. The number of aryl methyl sites for hydroxylation is 1. The molecule has 1 atom stereocenters. The second-order valence-electron chi connectivity index (χ2n) is 5.78. The molecule has 2 aromatic heterocycles. The van der Waals surface area contributed by atoms with Crippen molar-refractivity contribution in [3.05, 3.63) is 32.8 Å². The van der Waals surface area contributed by atoms with Gasteiger partial charge in [0.25, 0.3) is 12.9 Å². The number of nitrogens with zero attached hydrogens (tertiary/aromatic N) is 5. The van der Waals surface area contributed by atoms with Gasteiger partial charge >= 0.3 is 0 Å². The molecule has 0 aliphatic heterocycles. The molecule has 0 fully saturated rings. The van der Waals surface area contributed by atoms with Gasteiger partial charge in [0.05, 0.1) is 21.7 Å². The third-order valence-corrected chi connectivity index (χ3v) is 4.97. The summed E-state index contributed by atoms with van der Waals surface area (Å²) in [6, 6.07) is -1.25. The van der Waals surface area contributed by atoms with Gasteiger partial charge < -0.3 is 4.90 Å². The van der Waals surface area contributed by atoms with Gasteiger partial charge in [-0.1, -0.05) is 11.6 Å². The fraction of sp³-hybridized carbons (Fsp3) is 0.533. The smallest absolute Gasteiger partial charge is 0.283 e. The SMILES string of the molecule is CCn1cc(Br)c(CN(C)C(=O)C(C)n2nc(C(F)F)c(Cl)c2C(F)F)n1. The predicted molar refractivity (Wildman–Crippen MR) is 93.9 cm³/mol. The van der Waals surface area contributed by atoms with Gasteiger partial charge in [-0.25, -0.2) is 22.2 Å². The first kappa shape index (κ1) is 21.7. The molecule has 2 heterocycles. The van der Waals surface area contributed by atoms with Gasteiger partial charge in [0.15, 0.2) is 0 Å². The molecule has 12 heteroatoms. The van der Waals surface area contributed by atoms with Crippen LogP contribution in [0.25, 0.3) is 0 Å². The Morgan fingerprint density at radius 3 is 2.41 bits per heavy atom. The molecule has 0 aliphatic carbocycles. The Balaban J connectivity index is 2.28. The number of halogens is 6. The number of amides is 1. The highest BCUT2D eigenvalue weighted by molar-refractivity contribution is 9.10. The Hall–Kier alpha value is -1.62. The van der Waals surface area contributed by atoms with E-state index in [1.54, 1.807) is 10.9 Å². The molecule has 0 N–H and O–H groups in total. The number of aromatic nitrogens is 4. The Morgan fingerprint density at radius 2 is 1.93 bits per heavy atom. The van der Waals surface area contributed by atoms with Crippen molar-refractivity contribution in [1.29, 1.82) is 0 Å². The van der Waals surface area contributed by atoms with E-state index in [1.807, 2.05) is 6.92 Å². The molecule has 0 aromatic carbocycles. The third kappa shape index (κ3) is 4.45. The molecule has 1 amide bonds. The van der Waals surface area contributed by atoms with E-state index in [2.05, 4.69) is 26.1 Å². The number of rotatable bonds is 7. The van der Waals surface area contributed by atoms with Crippen molar-refractivity contribution in [2.24, 2.45) is 0 Å². The summed E-state index contributed by atoms with van der Waals surface area (Å²) in [4.78, 5) is 13.9. The van der Waals surface area contributed by atoms with Gasteiger partial charge in [0.1, 0.15) is 17.4 Å². The molecule has 0 radical (unpaired) electrons. The van der Waals surface area contributed by atoms with E-state index < -0.39 is 41.2 Å². The average molecular weight is 475 g/mol. The van der Waals surface area contributed by atoms with Crippen LogP contribution in [0.2, 0.25) is 5.02 Å². The van der Waals surface area contributed by atoms with Crippen molar-refractivity contribution in [3.8, 4) is 0 Å². The molecule has 6 nitrogen and oxygen atoms in total. The van der Waals surface area contributed by atoms with Gasteiger partial charge in [-0.3, -0.25) is 9.48 Å². The zero-order valence-electron chi connectivity index (χ0n) is 14.6. The van der Waals surface area contributed by atoms with E-state index in [1.165, 1.54) is 18.9 Å². The Kier molecular flexibility index (Phi) is 6.90. The normalized spacial score (nSPS) is 12.9. The van der Waals surface area contributed by atoms with Crippen LogP contribution in [0.3, 0.4) is 0 Å². The monoisotopic (exact) mass is 473 g/mol. The Bertz CT molecular complexity index is 825. The third-order valence-electron chi connectivity index (χ3n) is 3.92. The first-order valence-electron chi connectivity index (χ1n) is 7.89. The number of hydrogen-bond acceptors (Lipinski definition) is 3. The largest absolute Gasteiger partial charge is 0.338 e. The standard InChI is InChI=1S/C15H17BrClF4N5O/c1-4-25-5-8(16)9(22-25)6-24(3)15(27)7(2)26-12(14(20)21)10(17)11(23-26)13(18)19/h5,7,13-14H,4,6H2,1-3H3. The molecule has 0 aliphatic rings. The van der Waals surface area contributed by atoms with E-state index in [0.717, 1.165) is 0 Å². The summed E-state index contributed by atoms with van der Waals surface area (Å²) >= 11 is 8.97. The van der Waals surface area contributed by atoms with Gasteiger partial charge in [0, 0.05) is 19.8 Å². The maximum absolute atomic E-state index is 13.3. The fourth-order valence-electron chi connectivity index (χ4n) is 2.51. The van der Waals surface area contributed by atoms with E-state index in [0.29, 0.717) is 21.4 Å². The summed E-state index contributed by atoms with van der Waals surface area (Å²) in [6.45, 7) is 3.92. The topological polar surface area (TPSA) is 56.0 Å². The van der Waals surface area contributed by atoms with Crippen LogP contribution in [-0.2, 0) is 17.9 Å². The highest BCUT2D eigenvalue weighted by Gasteiger charge is 2.33. The van der Waals surface area contributed by atoms with Gasteiger partial charge in [-0.2, -0.15) is 10.2 Å². The van der Waals surface area contributed by atoms with Crippen molar-refractivity contribution >= 4 is 33.4 Å². The second-order valence-corrected chi connectivity index (χ2v) is 7.01. The lowest BCUT2D eigenvalue weighted by atomic mass is 10.2. The molecular formula is C15H17BrClF4N5O. The van der Waals surface area contributed by atoms with Gasteiger partial charge in [-0.15, -0.1) is 0 Å². The lowest BCUT2D eigenvalue weighted by Crippen LogP contribution is -2.34. The van der Waals surface area contributed by atoms with Crippen LogP contribution < -0.4 is 0 Å². The average Bonchev–Trinajstić information content (AvgIpc) is 3.13. The molecule has 150 valence electrons. The molecule has 27 heavy (non-hydrogen) atoms. The fourth-order valence-corrected chi connectivity index (χ4v) is 3.24. The van der Waals surface area contributed by atoms with Crippen LogP contribution in [0.15, 0.2) is 10.7 Å². The minimum absolute atomic E-state index is 0.0947. The molecule has 2 aromatic rings. The summed E-state index contributed by atoms with van der Waals surface area (Å²) in [6.07, 6.45) is -4.55. The minimum Gasteiger partial charge on any atom is -0.338 e. The quantitative estimate of drug-likeness (QED) is 0.551. The first-order chi connectivity index (χ1) is 12.6. The van der Waals surface area contributed by atoms with E-state index in [9.17, 15) is 22.4 Å². The van der Waals surface area contributed by atoms with Crippen LogP contribution in [-0.4, -0.2) is 37.4 Å². The summed E-state index contributed by atoms with van der Waals surface area (Å²) in [5, 5.41) is 6.91. The number of hydrogen-bond donors (Lipinski definition) is 0. The maximum Gasteiger partial charge on any atom is 0.283 e. The molecule has 0 saturated heterocycles. The van der Waals surface area contributed by atoms with E-state index >= 15 is 0 Å². The van der Waals surface area contributed by atoms with Crippen LogP contribution >= 0.6 is 27.5 Å². The number of carbonyl (C=O) groups is 1.